The molecule has 0 saturated heterocycles. The smallest absolute Gasteiger partial charge is 0.264 e. The van der Waals surface area contributed by atoms with Crippen molar-refractivity contribution in [3.05, 3.63) is 102 Å². The summed E-state index contributed by atoms with van der Waals surface area (Å²) >= 11 is 0. The molecule has 30 heavy (non-hydrogen) atoms. The van der Waals surface area contributed by atoms with Crippen molar-refractivity contribution in [2.24, 2.45) is 0 Å². The van der Waals surface area contributed by atoms with Crippen molar-refractivity contribution in [3.8, 4) is 5.75 Å². The summed E-state index contributed by atoms with van der Waals surface area (Å²) < 4.78 is 0. The number of phenolic OH excluding ortho intramolecular Hbond substituents is 1. The lowest BCUT2D eigenvalue weighted by Crippen LogP contribution is -2.42. The molecular formula is C25H21NO4. The van der Waals surface area contributed by atoms with Crippen LogP contribution in [0, 0.1) is 0 Å². The molecule has 1 heterocycles. The summed E-state index contributed by atoms with van der Waals surface area (Å²) in [5.74, 6) is -1.22. The largest absolute Gasteiger partial charge is 0.507 e. The Morgan fingerprint density at radius 2 is 1.60 bits per heavy atom. The molecule has 0 radical (unpaired) electrons. The molecule has 2 N–H and O–H groups in total. The Hall–Kier alpha value is -3.70. The number of anilines is 1. The fourth-order valence-electron chi connectivity index (χ4n) is 3.75. The molecule has 0 aromatic heterocycles. The molecule has 1 aliphatic rings. The highest BCUT2D eigenvalue weighted by atomic mass is 16.3. The third-order valence-corrected chi connectivity index (χ3v) is 5.26. The summed E-state index contributed by atoms with van der Waals surface area (Å²) in [6, 6.07) is 22.8. The van der Waals surface area contributed by atoms with Gasteiger partial charge in [0, 0.05) is 12.1 Å². The van der Waals surface area contributed by atoms with Crippen molar-refractivity contribution in [2.45, 2.75) is 12.0 Å². The number of fused-ring (bicyclic) bond motifs is 1. The van der Waals surface area contributed by atoms with Crippen LogP contribution in [0.4, 0.5) is 5.69 Å². The third-order valence-electron chi connectivity index (χ3n) is 5.26. The summed E-state index contributed by atoms with van der Waals surface area (Å²) in [4.78, 5) is 27.5. The number of hydrogen-bond donors (Lipinski definition) is 2. The Morgan fingerprint density at radius 1 is 0.933 bits per heavy atom. The van der Waals surface area contributed by atoms with Crippen LogP contribution in [0.3, 0.4) is 0 Å². The van der Waals surface area contributed by atoms with E-state index in [1.165, 1.54) is 17.0 Å². The first-order valence-electron chi connectivity index (χ1n) is 9.67. The van der Waals surface area contributed by atoms with Crippen LogP contribution in [-0.2, 0) is 10.4 Å². The molecule has 0 fully saturated rings. The van der Waals surface area contributed by atoms with Crippen molar-refractivity contribution < 1.29 is 19.8 Å². The highest BCUT2D eigenvalue weighted by molar-refractivity contribution is 6.11. The molecule has 4 rings (SSSR count). The monoisotopic (exact) mass is 399 g/mol. The number of hydrogen-bond acceptors (Lipinski definition) is 4. The lowest BCUT2D eigenvalue weighted by atomic mass is 9.88. The summed E-state index contributed by atoms with van der Waals surface area (Å²) in [5, 5.41) is 21.3. The minimum atomic E-state index is -1.98. The molecule has 1 aliphatic heterocycles. The van der Waals surface area contributed by atoms with Gasteiger partial charge >= 0.3 is 0 Å². The van der Waals surface area contributed by atoms with Crippen molar-refractivity contribution in [2.75, 3.05) is 11.4 Å². The Bertz CT molecular complexity index is 1120. The number of nitrogens with zero attached hydrogens (tertiary/aromatic N) is 1. The van der Waals surface area contributed by atoms with Crippen molar-refractivity contribution in [1.82, 2.24) is 0 Å². The first kappa shape index (κ1) is 19.6. The van der Waals surface area contributed by atoms with Crippen LogP contribution in [0.25, 0.3) is 6.08 Å². The van der Waals surface area contributed by atoms with Gasteiger partial charge in [0.15, 0.2) is 11.4 Å². The van der Waals surface area contributed by atoms with Gasteiger partial charge in [-0.3, -0.25) is 9.59 Å². The predicted octanol–water partition coefficient (Wildman–Crippen LogP) is 3.91. The number of rotatable bonds is 6. The van der Waals surface area contributed by atoms with Crippen molar-refractivity contribution in [3.63, 3.8) is 0 Å². The average Bonchev–Trinajstić information content (AvgIpc) is 2.97. The Balaban J connectivity index is 1.61. The van der Waals surface area contributed by atoms with E-state index < -0.39 is 23.7 Å². The zero-order chi connectivity index (χ0) is 21.1. The quantitative estimate of drug-likeness (QED) is 0.616. The molecule has 0 unspecified atom stereocenters. The molecular weight excluding hydrogens is 378 g/mol. The molecule has 0 bridgehead atoms. The van der Waals surface area contributed by atoms with Gasteiger partial charge < -0.3 is 15.1 Å². The number of phenols is 1. The number of Topliss-reactive ketones (excluding diaryl/α,β-unsaturated/α-hetero) is 1. The van der Waals surface area contributed by atoms with Gasteiger partial charge in [-0.05, 0) is 23.8 Å². The number of amides is 1. The summed E-state index contributed by atoms with van der Waals surface area (Å²) in [6.45, 7) is 0.262. The van der Waals surface area contributed by atoms with Gasteiger partial charge in [0.2, 0.25) is 0 Å². The first-order valence-corrected chi connectivity index (χ1v) is 9.67. The number of aromatic hydroxyl groups is 1. The number of para-hydroxylation sites is 2. The van der Waals surface area contributed by atoms with E-state index in [1.54, 1.807) is 36.4 Å². The topological polar surface area (TPSA) is 77.8 Å². The second-order valence-corrected chi connectivity index (χ2v) is 7.22. The van der Waals surface area contributed by atoms with Crippen molar-refractivity contribution >= 4 is 23.5 Å². The van der Waals surface area contributed by atoms with Crippen molar-refractivity contribution in [1.29, 1.82) is 0 Å². The highest BCUT2D eigenvalue weighted by Crippen LogP contribution is 2.43. The Morgan fingerprint density at radius 3 is 2.37 bits per heavy atom. The molecule has 5 heteroatoms. The van der Waals surface area contributed by atoms with Gasteiger partial charge in [0.05, 0.1) is 17.7 Å². The van der Waals surface area contributed by atoms with Crippen LogP contribution in [0.5, 0.6) is 5.75 Å². The van der Waals surface area contributed by atoms with Crippen LogP contribution in [0.1, 0.15) is 27.9 Å². The van der Waals surface area contributed by atoms with Gasteiger partial charge in [0.25, 0.3) is 5.91 Å². The van der Waals surface area contributed by atoms with Crippen LogP contribution in [0.15, 0.2) is 84.9 Å². The number of carbonyl (C=O) groups excluding carboxylic acids is 2. The third kappa shape index (κ3) is 3.51. The molecule has 1 atom stereocenters. The Labute approximate surface area is 174 Å². The molecule has 3 aromatic carbocycles. The lowest BCUT2D eigenvalue weighted by molar-refractivity contribution is -0.135. The average molecular weight is 399 g/mol. The van der Waals surface area contributed by atoms with Crippen LogP contribution >= 0.6 is 0 Å². The van der Waals surface area contributed by atoms with Gasteiger partial charge in [-0.1, -0.05) is 72.8 Å². The molecule has 0 aliphatic carbocycles. The zero-order valence-corrected chi connectivity index (χ0v) is 16.2. The summed E-state index contributed by atoms with van der Waals surface area (Å²) in [5.41, 5.74) is 0.0806. The summed E-state index contributed by atoms with van der Waals surface area (Å²) in [7, 11) is 0. The SMILES string of the molecule is O=C(C[C@]1(O)C(=O)N(C/C=C/c2ccccc2)c2ccccc21)c1ccccc1O. The molecule has 3 aromatic rings. The molecule has 0 spiro atoms. The lowest BCUT2D eigenvalue weighted by Gasteiger charge is -2.22. The van der Waals surface area contributed by atoms with E-state index in [9.17, 15) is 19.8 Å². The fraction of sp³-hybridized carbons (Fsp3) is 0.120. The second kappa shape index (κ2) is 7.97. The van der Waals surface area contributed by atoms with Gasteiger partial charge in [-0.2, -0.15) is 0 Å². The maximum absolute atomic E-state index is 13.2. The van der Waals surface area contributed by atoms with Crippen LogP contribution in [-0.4, -0.2) is 28.4 Å². The minimum Gasteiger partial charge on any atom is -0.507 e. The van der Waals surface area contributed by atoms with E-state index in [0.717, 1.165) is 5.56 Å². The predicted molar refractivity (Wildman–Crippen MR) is 115 cm³/mol. The van der Waals surface area contributed by atoms with Gasteiger partial charge in [0.1, 0.15) is 5.75 Å². The molecule has 5 nitrogen and oxygen atoms in total. The van der Waals surface area contributed by atoms with Crippen LogP contribution < -0.4 is 4.90 Å². The maximum Gasteiger partial charge on any atom is 0.264 e. The van der Waals surface area contributed by atoms with E-state index in [1.807, 2.05) is 42.5 Å². The maximum atomic E-state index is 13.2. The first-order chi connectivity index (χ1) is 14.5. The normalized spacial score (nSPS) is 18.0. The number of benzene rings is 3. The number of carbonyl (C=O) groups is 2. The number of ketones is 1. The molecule has 0 saturated carbocycles. The van der Waals surface area contributed by atoms with E-state index in [0.29, 0.717) is 11.3 Å². The standard InChI is InChI=1S/C25H21NO4/c27-22-15-7-4-12-19(22)23(28)17-25(30)20-13-5-6-14-21(20)26(24(25)29)16-8-11-18-9-2-1-3-10-18/h1-15,27,30H,16-17H2/b11-8+/t25-/m1/s1. The fourth-order valence-corrected chi connectivity index (χ4v) is 3.75. The molecule has 1 amide bonds. The summed E-state index contributed by atoms with van der Waals surface area (Å²) in [6.07, 6.45) is 3.31. The van der Waals surface area contributed by atoms with E-state index in [2.05, 4.69) is 0 Å². The minimum absolute atomic E-state index is 0.0821. The Kier molecular flexibility index (Phi) is 5.21. The second-order valence-electron chi connectivity index (χ2n) is 7.22. The zero-order valence-electron chi connectivity index (χ0n) is 16.2. The van der Waals surface area contributed by atoms with Gasteiger partial charge in [-0.15, -0.1) is 0 Å². The van der Waals surface area contributed by atoms with E-state index in [4.69, 9.17) is 0 Å². The number of aliphatic hydroxyl groups is 1. The van der Waals surface area contributed by atoms with E-state index in [-0.39, 0.29) is 17.9 Å². The van der Waals surface area contributed by atoms with E-state index >= 15 is 0 Å². The highest BCUT2D eigenvalue weighted by Gasteiger charge is 2.50. The molecule has 150 valence electrons. The van der Waals surface area contributed by atoms with Crippen LogP contribution in [0.2, 0.25) is 0 Å². The van der Waals surface area contributed by atoms with Gasteiger partial charge in [-0.25, -0.2) is 0 Å².